The van der Waals surface area contributed by atoms with Gasteiger partial charge < -0.3 is 0 Å². The zero-order valence-electron chi connectivity index (χ0n) is 9.31. The molecule has 0 heterocycles. The molecule has 1 aliphatic rings. The van der Waals surface area contributed by atoms with Gasteiger partial charge in [0.05, 0.1) is 0 Å². The van der Waals surface area contributed by atoms with Crippen molar-refractivity contribution in [1.29, 1.82) is 0 Å². The highest BCUT2D eigenvalue weighted by molar-refractivity contribution is 5.88. The lowest BCUT2D eigenvalue weighted by Gasteiger charge is -2.27. The highest BCUT2D eigenvalue weighted by atomic mass is 19.1. The molecular formula is C12H21FO. The first-order valence-corrected chi connectivity index (χ1v) is 5.81. The number of ketones is 1. The topological polar surface area (TPSA) is 17.1 Å². The van der Waals surface area contributed by atoms with Crippen LogP contribution in [0.15, 0.2) is 0 Å². The predicted molar refractivity (Wildman–Crippen MR) is 56.0 cm³/mol. The molecule has 1 saturated carbocycles. The van der Waals surface area contributed by atoms with Gasteiger partial charge >= 0.3 is 0 Å². The number of carbonyl (C=O) groups excluding carboxylic acids is 1. The lowest BCUT2D eigenvalue weighted by atomic mass is 9.80. The van der Waals surface area contributed by atoms with Crippen LogP contribution >= 0.6 is 0 Å². The molecule has 0 spiro atoms. The molecule has 0 aliphatic heterocycles. The number of hydrogen-bond acceptors (Lipinski definition) is 1. The van der Waals surface area contributed by atoms with Crippen molar-refractivity contribution in [3.05, 3.63) is 0 Å². The van der Waals surface area contributed by atoms with Gasteiger partial charge in [0.15, 0.2) is 11.5 Å². The Balaban J connectivity index is 2.53. The fourth-order valence-electron chi connectivity index (χ4n) is 2.38. The summed E-state index contributed by atoms with van der Waals surface area (Å²) in [5.41, 5.74) is -1.57. The van der Waals surface area contributed by atoms with Crippen molar-refractivity contribution in [3.63, 3.8) is 0 Å². The van der Waals surface area contributed by atoms with Gasteiger partial charge in [-0.3, -0.25) is 4.79 Å². The maximum absolute atomic E-state index is 13.9. The number of halogens is 1. The summed E-state index contributed by atoms with van der Waals surface area (Å²) in [5, 5.41) is 0. The van der Waals surface area contributed by atoms with Crippen LogP contribution in [0, 0.1) is 5.92 Å². The smallest absolute Gasteiger partial charge is 0.172 e. The summed E-state index contributed by atoms with van der Waals surface area (Å²) in [6, 6.07) is 0. The second kappa shape index (κ2) is 4.90. The molecule has 0 saturated heterocycles. The van der Waals surface area contributed by atoms with Crippen molar-refractivity contribution >= 4 is 5.78 Å². The minimum atomic E-state index is -1.57. The molecule has 0 bridgehead atoms. The highest BCUT2D eigenvalue weighted by Gasteiger charge is 2.37. The van der Waals surface area contributed by atoms with E-state index in [0.29, 0.717) is 6.42 Å². The summed E-state index contributed by atoms with van der Waals surface area (Å²) in [5.74, 6) is -0.135. The largest absolute Gasteiger partial charge is 0.296 e. The van der Waals surface area contributed by atoms with Crippen LogP contribution in [0.5, 0.6) is 0 Å². The number of hydrogen-bond donors (Lipinski definition) is 0. The van der Waals surface area contributed by atoms with Crippen molar-refractivity contribution < 1.29 is 9.18 Å². The van der Waals surface area contributed by atoms with E-state index in [4.69, 9.17) is 0 Å². The lowest BCUT2D eigenvalue weighted by molar-refractivity contribution is -0.135. The fraction of sp³-hybridized carbons (Fsp3) is 0.917. The quantitative estimate of drug-likeness (QED) is 0.676. The molecule has 1 aliphatic carbocycles. The molecular weight excluding hydrogens is 179 g/mol. The molecule has 0 aromatic carbocycles. The molecule has 82 valence electrons. The van der Waals surface area contributed by atoms with Crippen LogP contribution < -0.4 is 0 Å². The van der Waals surface area contributed by atoms with Gasteiger partial charge in [-0.2, -0.15) is 0 Å². The van der Waals surface area contributed by atoms with E-state index >= 15 is 0 Å². The molecule has 0 aromatic heterocycles. The minimum absolute atomic E-state index is 0.00491. The number of Topliss-reactive ketones (excluding diaryl/α,β-unsaturated/α-hetero) is 1. The van der Waals surface area contributed by atoms with E-state index in [1.165, 1.54) is 13.3 Å². The molecule has 1 nitrogen and oxygen atoms in total. The molecule has 1 rings (SSSR count). The van der Waals surface area contributed by atoms with Crippen LogP contribution in [0.2, 0.25) is 0 Å². The van der Waals surface area contributed by atoms with Crippen LogP contribution in [0.1, 0.15) is 58.8 Å². The Morgan fingerprint density at radius 2 is 1.93 bits per heavy atom. The van der Waals surface area contributed by atoms with E-state index in [2.05, 4.69) is 0 Å². The van der Waals surface area contributed by atoms with Gasteiger partial charge in [0.25, 0.3) is 0 Å². The third kappa shape index (κ3) is 2.79. The van der Waals surface area contributed by atoms with Gasteiger partial charge in [-0.05, 0) is 26.2 Å². The van der Waals surface area contributed by atoms with Gasteiger partial charge in [0, 0.05) is 5.92 Å². The van der Waals surface area contributed by atoms with Crippen molar-refractivity contribution in [3.8, 4) is 0 Å². The summed E-state index contributed by atoms with van der Waals surface area (Å²) in [4.78, 5) is 11.8. The number of rotatable bonds is 4. The van der Waals surface area contributed by atoms with Crippen LogP contribution in [0.25, 0.3) is 0 Å². The Hall–Kier alpha value is -0.400. The van der Waals surface area contributed by atoms with Crippen molar-refractivity contribution in [2.24, 2.45) is 5.92 Å². The first-order valence-electron chi connectivity index (χ1n) is 5.81. The standard InChI is InChI=1S/C12H21FO/c1-3-9-12(2,13)11(14)10-7-5-4-6-8-10/h10H,3-9H2,1-2H3. The summed E-state index contributed by atoms with van der Waals surface area (Å²) in [6.45, 7) is 3.37. The molecule has 1 fully saturated rings. The number of carbonyl (C=O) groups is 1. The van der Waals surface area contributed by atoms with Crippen molar-refractivity contribution in [2.45, 2.75) is 64.5 Å². The summed E-state index contributed by atoms with van der Waals surface area (Å²) in [6.07, 6.45) is 6.33. The molecule has 0 aromatic rings. The Morgan fingerprint density at radius 3 is 2.43 bits per heavy atom. The lowest BCUT2D eigenvalue weighted by Crippen LogP contribution is -2.36. The molecule has 0 radical (unpaired) electrons. The van der Waals surface area contributed by atoms with Gasteiger partial charge in [-0.1, -0.05) is 32.6 Å². The van der Waals surface area contributed by atoms with E-state index < -0.39 is 5.67 Å². The molecule has 14 heavy (non-hydrogen) atoms. The maximum atomic E-state index is 13.9. The minimum Gasteiger partial charge on any atom is -0.296 e. The van der Waals surface area contributed by atoms with Gasteiger partial charge in [-0.15, -0.1) is 0 Å². The van der Waals surface area contributed by atoms with Crippen molar-refractivity contribution in [2.75, 3.05) is 0 Å². The van der Waals surface area contributed by atoms with Crippen LogP contribution in [0.3, 0.4) is 0 Å². The van der Waals surface area contributed by atoms with Crippen LogP contribution in [0.4, 0.5) is 4.39 Å². The zero-order chi connectivity index (χ0) is 10.6. The Bertz CT molecular complexity index is 192. The third-order valence-electron chi connectivity index (χ3n) is 3.21. The molecule has 1 unspecified atom stereocenters. The Labute approximate surface area is 86.1 Å². The van der Waals surface area contributed by atoms with E-state index in [-0.39, 0.29) is 11.7 Å². The normalized spacial score (nSPS) is 23.1. The van der Waals surface area contributed by atoms with Gasteiger partial charge in [0.2, 0.25) is 0 Å². The maximum Gasteiger partial charge on any atom is 0.172 e. The highest BCUT2D eigenvalue weighted by Crippen LogP contribution is 2.31. The second-order valence-corrected chi connectivity index (χ2v) is 4.65. The number of alkyl halides is 1. The molecule has 0 amide bonds. The first-order chi connectivity index (χ1) is 6.58. The SMILES string of the molecule is CCCC(C)(F)C(=O)C1CCCCC1. The summed E-state index contributed by atoms with van der Waals surface area (Å²) >= 11 is 0. The first kappa shape index (κ1) is 11.7. The average Bonchev–Trinajstić information content (AvgIpc) is 2.18. The monoisotopic (exact) mass is 200 g/mol. The van der Waals surface area contributed by atoms with E-state index in [1.807, 2.05) is 6.92 Å². The molecule has 0 N–H and O–H groups in total. The van der Waals surface area contributed by atoms with Gasteiger partial charge in [0.1, 0.15) is 0 Å². The van der Waals surface area contributed by atoms with E-state index in [1.54, 1.807) is 0 Å². The van der Waals surface area contributed by atoms with Gasteiger partial charge in [-0.25, -0.2) is 4.39 Å². The Morgan fingerprint density at radius 1 is 1.36 bits per heavy atom. The average molecular weight is 200 g/mol. The summed E-state index contributed by atoms with van der Waals surface area (Å²) in [7, 11) is 0. The molecule has 2 heteroatoms. The second-order valence-electron chi connectivity index (χ2n) is 4.65. The van der Waals surface area contributed by atoms with Crippen molar-refractivity contribution in [1.82, 2.24) is 0 Å². The summed E-state index contributed by atoms with van der Waals surface area (Å²) < 4.78 is 13.9. The molecule has 1 atom stereocenters. The van der Waals surface area contributed by atoms with E-state index in [0.717, 1.165) is 32.1 Å². The third-order valence-corrected chi connectivity index (χ3v) is 3.21. The predicted octanol–water partition coefficient (Wildman–Crippen LogP) is 3.66. The van der Waals surface area contributed by atoms with E-state index in [9.17, 15) is 9.18 Å². The Kier molecular flexibility index (Phi) is 4.09. The van der Waals surface area contributed by atoms with Crippen LogP contribution in [-0.2, 0) is 4.79 Å². The van der Waals surface area contributed by atoms with Crippen LogP contribution in [-0.4, -0.2) is 11.5 Å². The zero-order valence-corrected chi connectivity index (χ0v) is 9.31. The fourth-order valence-corrected chi connectivity index (χ4v) is 2.38.